The molecule has 0 amide bonds. The van der Waals surface area contributed by atoms with Crippen molar-refractivity contribution in [1.82, 2.24) is 0 Å². The maximum Gasteiger partial charge on any atom is 0.161 e. The molecule has 0 aliphatic carbocycles. The number of ether oxygens (including phenoxy) is 7. The summed E-state index contributed by atoms with van der Waals surface area (Å²) in [6.07, 6.45) is -1.34. The van der Waals surface area contributed by atoms with Crippen LogP contribution in [0.15, 0.2) is 12.3 Å². The summed E-state index contributed by atoms with van der Waals surface area (Å²) < 4.78 is 40.1. The zero-order chi connectivity index (χ0) is 21.1. The molecule has 0 spiro atoms. The molecule has 3 rings (SSSR count). The fraction of sp³-hybridized carbons (Fsp3) is 0.900. The number of hydrogen-bond acceptors (Lipinski definition) is 9. The van der Waals surface area contributed by atoms with Gasteiger partial charge < -0.3 is 43.4 Å². The van der Waals surface area contributed by atoms with Crippen molar-refractivity contribution in [2.24, 2.45) is 0 Å². The maximum absolute atomic E-state index is 10.7. The molecule has 0 saturated carbocycles. The first kappa shape index (κ1) is 22.9. The van der Waals surface area contributed by atoms with Crippen LogP contribution in [0.25, 0.3) is 0 Å². The topological polar surface area (TPSA) is 105 Å². The molecule has 29 heavy (non-hydrogen) atoms. The van der Waals surface area contributed by atoms with Gasteiger partial charge in [-0.05, 0) is 26.8 Å². The van der Waals surface area contributed by atoms with E-state index in [9.17, 15) is 10.2 Å². The molecule has 0 aromatic rings. The lowest BCUT2D eigenvalue weighted by atomic mass is 10.00. The number of hydrogen-bond donors (Lipinski definition) is 2. The predicted molar refractivity (Wildman–Crippen MR) is 101 cm³/mol. The molecule has 0 bridgehead atoms. The average molecular weight is 418 g/mol. The maximum atomic E-state index is 10.7. The smallest absolute Gasteiger partial charge is 0.161 e. The quantitative estimate of drug-likeness (QED) is 0.645. The third-order valence-corrected chi connectivity index (χ3v) is 5.84. The Morgan fingerprint density at radius 3 is 2.14 bits per heavy atom. The van der Waals surface area contributed by atoms with Gasteiger partial charge in [-0.2, -0.15) is 0 Å². The SMILES string of the molecule is CO[C@H]1C=CO[C@H](C)[C@H]1O[C@@H]1C[C@H](O)[C@H](O[C@H]2C[C@H](OC)[C@H](O)[C@@H](C)O2)[C@@H](C)O1. The second-order valence-electron chi connectivity index (χ2n) is 7.92. The van der Waals surface area contributed by atoms with Gasteiger partial charge in [-0.1, -0.05) is 0 Å². The van der Waals surface area contributed by atoms with Crippen molar-refractivity contribution in [3.05, 3.63) is 12.3 Å². The fourth-order valence-corrected chi connectivity index (χ4v) is 4.09. The monoisotopic (exact) mass is 418 g/mol. The third-order valence-electron chi connectivity index (χ3n) is 5.84. The molecule has 2 saturated heterocycles. The largest absolute Gasteiger partial charge is 0.496 e. The first-order valence-electron chi connectivity index (χ1n) is 10.2. The summed E-state index contributed by atoms with van der Waals surface area (Å²) in [5.41, 5.74) is 0. The predicted octanol–water partition coefficient (Wildman–Crippen LogP) is 0.711. The van der Waals surface area contributed by atoms with Crippen LogP contribution in [0.5, 0.6) is 0 Å². The Bertz CT molecular complexity index is 532. The minimum absolute atomic E-state index is 0.204. The van der Waals surface area contributed by atoms with Crippen molar-refractivity contribution in [3.63, 3.8) is 0 Å². The second kappa shape index (κ2) is 10.0. The van der Waals surface area contributed by atoms with Crippen molar-refractivity contribution in [2.45, 2.75) is 101 Å². The molecule has 3 heterocycles. The average Bonchev–Trinajstić information content (AvgIpc) is 2.68. The highest BCUT2D eigenvalue weighted by atomic mass is 16.7. The van der Waals surface area contributed by atoms with Crippen molar-refractivity contribution in [1.29, 1.82) is 0 Å². The van der Waals surface area contributed by atoms with Crippen LogP contribution in [0.3, 0.4) is 0 Å². The second-order valence-corrected chi connectivity index (χ2v) is 7.92. The Hall–Kier alpha value is -0.780. The van der Waals surface area contributed by atoms with Gasteiger partial charge in [0.25, 0.3) is 0 Å². The molecule has 2 fully saturated rings. The van der Waals surface area contributed by atoms with E-state index in [1.54, 1.807) is 33.5 Å². The van der Waals surface area contributed by atoms with Crippen molar-refractivity contribution >= 4 is 0 Å². The van der Waals surface area contributed by atoms with E-state index >= 15 is 0 Å². The first-order chi connectivity index (χ1) is 13.8. The summed E-state index contributed by atoms with van der Waals surface area (Å²) in [5, 5.41) is 20.8. The van der Waals surface area contributed by atoms with Gasteiger partial charge in [0.15, 0.2) is 12.6 Å². The van der Waals surface area contributed by atoms with Crippen LogP contribution in [-0.2, 0) is 33.2 Å². The van der Waals surface area contributed by atoms with Crippen molar-refractivity contribution < 1.29 is 43.4 Å². The Labute approximate surface area is 171 Å². The van der Waals surface area contributed by atoms with Gasteiger partial charge >= 0.3 is 0 Å². The minimum atomic E-state index is -0.799. The highest BCUT2D eigenvalue weighted by Crippen LogP contribution is 2.31. The summed E-state index contributed by atoms with van der Waals surface area (Å²) in [6, 6.07) is 0. The summed E-state index contributed by atoms with van der Waals surface area (Å²) in [7, 11) is 3.16. The summed E-state index contributed by atoms with van der Waals surface area (Å²) in [4.78, 5) is 0. The molecule has 0 radical (unpaired) electrons. The van der Waals surface area contributed by atoms with E-state index in [0.717, 1.165) is 0 Å². The van der Waals surface area contributed by atoms with Gasteiger partial charge in [-0.3, -0.25) is 0 Å². The van der Waals surface area contributed by atoms with Gasteiger partial charge in [-0.15, -0.1) is 0 Å². The van der Waals surface area contributed by atoms with E-state index in [1.807, 2.05) is 13.8 Å². The molecule has 168 valence electrons. The molecule has 3 aliphatic heterocycles. The van der Waals surface area contributed by atoms with Crippen LogP contribution < -0.4 is 0 Å². The molecule has 3 aliphatic rings. The number of methoxy groups -OCH3 is 2. The number of aliphatic hydroxyl groups excluding tert-OH is 2. The third kappa shape index (κ3) is 5.29. The van der Waals surface area contributed by atoms with E-state index < -0.39 is 43.1 Å². The lowest BCUT2D eigenvalue weighted by molar-refractivity contribution is -0.322. The van der Waals surface area contributed by atoms with E-state index in [0.29, 0.717) is 6.42 Å². The molecule has 9 heteroatoms. The van der Waals surface area contributed by atoms with E-state index in [-0.39, 0.29) is 30.8 Å². The van der Waals surface area contributed by atoms with Crippen LogP contribution in [0, 0.1) is 0 Å². The minimum Gasteiger partial charge on any atom is -0.496 e. The van der Waals surface area contributed by atoms with Crippen LogP contribution in [0.4, 0.5) is 0 Å². The molecule has 11 atom stereocenters. The van der Waals surface area contributed by atoms with Gasteiger partial charge in [0.05, 0.1) is 30.7 Å². The standard InChI is InChI=1S/C20H34O9/c1-10-18(22)15(24-5)9-17(26-10)28-19-12(3)27-16(8-13(19)21)29-20-11(2)25-7-6-14(20)23-4/h6-7,10-22H,8-9H2,1-5H3/t10-,11-,12-,13+,14+,15+,16-,17+,18-,19-,20-/m1/s1. The first-order valence-corrected chi connectivity index (χ1v) is 10.2. The highest BCUT2D eigenvalue weighted by molar-refractivity contribution is 4.98. The summed E-state index contributed by atoms with van der Waals surface area (Å²) >= 11 is 0. The number of rotatable bonds is 6. The molecule has 2 N–H and O–H groups in total. The van der Waals surface area contributed by atoms with Gasteiger partial charge in [0, 0.05) is 27.1 Å². The molecule has 0 aromatic heterocycles. The van der Waals surface area contributed by atoms with Crippen molar-refractivity contribution in [2.75, 3.05) is 14.2 Å². The lowest BCUT2D eigenvalue weighted by Gasteiger charge is -2.44. The van der Waals surface area contributed by atoms with E-state index in [4.69, 9.17) is 33.2 Å². The number of aliphatic hydroxyl groups is 2. The molecule has 0 unspecified atom stereocenters. The van der Waals surface area contributed by atoms with Crippen molar-refractivity contribution in [3.8, 4) is 0 Å². The molecular formula is C20H34O9. The Morgan fingerprint density at radius 1 is 0.828 bits per heavy atom. The molecule has 0 aromatic carbocycles. The summed E-state index contributed by atoms with van der Waals surface area (Å²) in [6.45, 7) is 5.49. The lowest BCUT2D eigenvalue weighted by Crippen LogP contribution is -2.55. The van der Waals surface area contributed by atoms with Crippen LogP contribution in [-0.4, -0.2) is 91.9 Å². The fourth-order valence-electron chi connectivity index (χ4n) is 4.09. The normalized spacial score (nSPS) is 48.3. The van der Waals surface area contributed by atoms with Gasteiger partial charge in [0.2, 0.25) is 0 Å². The van der Waals surface area contributed by atoms with E-state index in [2.05, 4.69) is 0 Å². The van der Waals surface area contributed by atoms with Crippen LogP contribution in [0.2, 0.25) is 0 Å². The van der Waals surface area contributed by atoms with Gasteiger partial charge in [-0.25, -0.2) is 0 Å². The van der Waals surface area contributed by atoms with E-state index in [1.165, 1.54) is 0 Å². The highest BCUT2D eigenvalue weighted by Gasteiger charge is 2.43. The zero-order valence-electron chi connectivity index (χ0n) is 17.7. The Kier molecular flexibility index (Phi) is 7.91. The molecular weight excluding hydrogens is 384 g/mol. The Balaban J connectivity index is 1.56. The summed E-state index contributed by atoms with van der Waals surface area (Å²) in [5.74, 6) is 0. The molecule has 9 nitrogen and oxygen atoms in total. The Morgan fingerprint density at radius 2 is 1.48 bits per heavy atom. The zero-order valence-corrected chi connectivity index (χ0v) is 17.7. The van der Waals surface area contributed by atoms with Gasteiger partial charge in [0.1, 0.15) is 30.5 Å². The van der Waals surface area contributed by atoms with Crippen LogP contribution in [0.1, 0.15) is 33.6 Å². The van der Waals surface area contributed by atoms with Crippen LogP contribution >= 0.6 is 0 Å².